The van der Waals surface area contributed by atoms with Crippen molar-refractivity contribution in [1.82, 2.24) is 15.0 Å². The summed E-state index contributed by atoms with van der Waals surface area (Å²) in [6, 6.07) is 0.0212. The molecular formula is C6H10N6. The predicted octanol–water partition coefficient (Wildman–Crippen LogP) is -0.390. The average molecular weight is 171 g/mol. The van der Waals surface area contributed by atoms with Gasteiger partial charge in [0.25, 0.3) is 0 Å². The molecule has 0 amide bonds. The van der Waals surface area contributed by atoms with E-state index in [9.17, 15) is 0 Å². The zero-order valence-corrected chi connectivity index (χ0v) is 6.17. The average Bonchev–Trinajstić information content (AvgIpc) is 3.11. The Bertz CT molecular complexity index is 384. The quantitative estimate of drug-likeness (QED) is 0.570. The van der Waals surface area contributed by atoms with Gasteiger partial charge in [0.15, 0.2) is 7.06 Å². The van der Waals surface area contributed by atoms with Crippen molar-refractivity contribution in [2.75, 3.05) is 16.7 Å². The summed E-state index contributed by atoms with van der Waals surface area (Å²) < 4.78 is 35.9. The highest BCUT2D eigenvalue weighted by Crippen LogP contribution is 2.22. The van der Waals surface area contributed by atoms with Crippen LogP contribution in [0.3, 0.4) is 0 Å². The molecule has 1 aromatic rings. The van der Waals surface area contributed by atoms with Crippen molar-refractivity contribution >= 4 is 17.8 Å². The van der Waals surface area contributed by atoms with Gasteiger partial charge in [-0.25, -0.2) is 0 Å². The first-order chi connectivity index (χ1) is 7.99. The molecule has 0 spiro atoms. The van der Waals surface area contributed by atoms with Crippen LogP contribution in [0.25, 0.3) is 0 Å². The first-order valence-corrected chi connectivity index (χ1v) is 3.59. The predicted molar refractivity (Wildman–Crippen MR) is 45.3 cm³/mol. The Kier molecular flexibility index (Phi) is 0.705. The molecule has 0 radical (unpaired) electrons. The number of anilines is 3. The molecule has 0 atom stereocenters. The van der Waals surface area contributed by atoms with Gasteiger partial charge in [0.1, 0.15) is 0 Å². The minimum Gasteiger partial charge on any atom is -0.368 e. The zero-order chi connectivity index (χ0) is 12.6. The molecule has 1 aromatic heterocycles. The van der Waals surface area contributed by atoms with Crippen molar-refractivity contribution in [3.63, 3.8) is 0 Å². The normalized spacial score (nSPS) is 21.2. The van der Waals surface area contributed by atoms with Crippen LogP contribution in [0.15, 0.2) is 0 Å². The summed E-state index contributed by atoms with van der Waals surface area (Å²) in [5, 5.41) is 1.06. The second-order valence-electron chi connectivity index (χ2n) is 2.60. The van der Waals surface area contributed by atoms with E-state index < -0.39 is 0 Å². The molecule has 0 aromatic carbocycles. The van der Waals surface area contributed by atoms with Crippen LogP contribution in [-0.4, -0.2) is 21.0 Å². The minimum atomic E-state index is -0.326. The number of nitrogen functional groups attached to an aromatic ring is 2. The van der Waals surface area contributed by atoms with E-state index in [0.29, 0.717) is 0 Å². The summed E-state index contributed by atoms with van der Waals surface area (Å²) in [7, 11) is 0. The fraction of sp³-hybridized carbons (Fsp3) is 0.500. The molecule has 1 aliphatic carbocycles. The maximum Gasteiger partial charge on any atom is 0.229 e. The summed E-state index contributed by atoms with van der Waals surface area (Å²) in [6.45, 7) is 0. The largest absolute Gasteiger partial charge is 0.368 e. The molecule has 1 aliphatic rings. The number of rotatable bonds is 4. The lowest BCUT2D eigenvalue weighted by atomic mass is 10.7. The van der Waals surface area contributed by atoms with Crippen LogP contribution in [0.5, 0.6) is 0 Å². The van der Waals surface area contributed by atoms with Gasteiger partial charge in [0.2, 0.25) is 17.8 Å². The van der Waals surface area contributed by atoms with Gasteiger partial charge in [-0.1, -0.05) is 0 Å². The van der Waals surface area contributed by atoms with Crippen LogP contribution in [-0.2, 0) is 0 Å². The molecule has 6 nitrogen and oxygen atoms in total. The van der Waals surface area contributed by atoms with Gasteiger partial charge < -0.3 is 16.7 Å². The fourth-order valence-electron chi connectivity index (χ4n) is 0.768. The Morgan fingerprint density at radius 2 is 2.00 bits per heavy atom. The minimum absolute atomic E-state index is 0.0212. The van der Waals surface area contributed by atoms with E-state index in [4.69, 9.17) is 7.06 Å². The number of nitrogens with two attached hydrogens (primary N) is 2. The highest BCUT2D eigenvalue weighted by atomic mass is 15.2. The molecule has 2 rings (SSSR count). The topological polar surface area (TPSA) is 103 Å². The number of hydrogen-bond acceptors (Lipinski definition) is 6. The van der Waals surface area contributed by atoms with E-state index in [2.05, 4.69) is 15.0 Å². The number of aromatic nitrogens is 3. The van der Waals surface area contributed by atoms with E-state index in [-0.39, 0.29) is 35.3 Å². The van der Waals surface area contributed by atoms with E-state index >= 15 is 0 Å². The van der Waals surface area contributed by atoms with Crippen molar-refractivity contribution in [2.24, 2.45) is 0 Å². The van der Waals surface area contributed by atoms with E-state index in [0.717, 1.165) is 18.2 Å². The van der Waals surface area contributed by atoms with Crippen LogP contribution in [0.4, 0.5) is 17.8 Å². The Morgan fingerprint density at radius 3 is 2.50 bits per heavy atom. The maximum absolute atomic E-state index is 7.70. The van der Waals surface area contributed by atoms with E-state index in [1.165, 1.54) is 0 Å². The van der Waals surface area contributed by atoms with Crippen molar-refractivity contribution in [3.05, 3.63) is 0 Å². The third-order valence-electron chi connectivity index (χ3n) is 1.44. The second kappa shape index (κ2) is 2.47. The van der Waals surface area contributed by atoms with Crippen LogP contribution in [0.2, 0.25) is 7.06 Å². The Labute approximate surface area is 76.7 Å². The lowest BCUT2D eigenvalue weighted by Gasteiger charge is -2.02. The molecule has 0 bridgehead atoms. The van der Waals surface area contributed by atoms with Crippen LogP contribution < -0.4 is 16.7 Å². The standard InChI is InChI=1S/C6H10N6/c7-4-10-5(8)12-6(11-4)9-3-1-2-3/h3H,1-2H2,(H5,7,8,9,10,11,12)/i/hD5. The number of nitrogens with zero attached hydrogens (tertiary/aromatic N) is 3. The summed E-state index contributed by atoms with van der Waals surface area (Å²) in [6.07, 6.45) is 1.72. The summed E-state index contributed by atoms with van der Waals surface area (Å²) in [4.78, 5) is 11.1. The third-order valence-corrected chi connectivity index (χ3v) is 1.44. The molecule has 1 heterocycles. The molecule has 5 N–H and O–H groups in total. The van der Waals surface area contributed by atoms with Crippen molar-refractivity contribution in [3.8, 4) is 0 Å². The Hall–Kier alpha value is -1.59. The number of nitrogens with one attached hydrogen (secondary N) is 1. The third kappa shape index (κ3) is 1.52. The molecule has 6 heteroatoms. The highest BCUT2D eigenvalue weighted by molar-refractivity contribution is 5.38. The molecular weight excluding hydrogens is 156 g/mol. The lowest BCUT2D eigenvalue weighted by Crippen LogP contribution is -2.10. The van der Waals surface area contributed by atoms with Gasteiger partial charge in [-0.3, -0.25) is 0 Å². The van der Waals surface area contributed by atoms with Gasteiger partial charge in [-0.05, 0) is 12.8 Å². The van der Waals surface area contributed by atoms with Crippen LogP contribution in [0.1, 0.15) is 12.8 Å². The lowest BCUT2D eigenvalue weighted by molar-refractivity contribution is 1.02. The maximum atomic E-state index is 7.70. The molecule has 0 unspecified atom stereocenters. The molecule has 64 valence electrons. The first-order valence-electron chi connectivity index (χ1n) is 5.82. The van der Waals surface area contributed by atoms with Crippen molar-refractivity contribution in [1.29, 1.82) is 0 Å². The highest BCUT2D eigenvalue weighted by Gasteiger charge is 2.22. The molecule has 1 saturated carbocycles. The SMILES string of the molecule is [2H]N([2H])c1nc(N([2H])[2H])nc(N([2H])C2CC2)n1. The molecule has 0 aliphatic heterocycles. The molecule has 0 saturated heterocycles. The van der Waals surface area contributed by atoms with Gasteiger partial charge in [0, 0.05) is 6.04 Å². The smallest absolute Gasteiger partial charge is 0.229 e. The second-order valence-corrected chi connectivity index (χ2v) is 2.60. The fourth-order valence-corrected chi connectivity index (χ4v) is 0.768. The summed E-state index contributed by atoms with van der Waals surface area (Å²) >= 11 is 0. The Morgan fingerprint density at radius 1 is 1.33 bits per heavy atom. The zero-order valence-electron chi connectivity index (χ0n) is 11.2. The van der Waals surface area contributed by atoms with Crippen molar-refractivity contribution in [2.45, 2.75) is 18.9 Å². The first kappa shape index (κ1) is 3.42. The molecule has 12 heavy (non-hydrogen) atoms. The monoisotopic (exact) mass is 171 g/mol. The van der Waals surface area contributed by atoms with E-state index in [1.807, 2.05) is 0 Å². The summed E-state index contributed by atoms with van der Waals surface area (Å²) in [5.74, 6) is -0.707. The van der Waals surface area contributed by atoms with Gasteiger partial charge in [-0.2, -0.15) is 15.0 Å². The summed E-state index contributed by atoms with van der Waals surface area (Å²) in [5.41, 5.74) is 0.303. The van der Waals surface area contributed by atoms with E-state index in [1.54, 1.807) is 0 Å². The van der Waals surface area contributed by atoms with Gasteiger partial charge in [0.05, 0.1) is 0 Å². The number of hydrogen-bond donors (Lipinski definition) is 3. The molecule has 1 fully saturated rings. The van der Waals surface area contributed by atoms with Gasteiger partial charge >= 0.3 is 0 Å². The van der Waals surface area contributed by atoms with Crippen LogP contribution in [0, 0.1) is 0 Å². The Balaban J connectivity index is 2.36. The van der Waals surface area contributed by atoms with Crippen molar-refractivity contribution < 1.29 is 7.06 Å². The van der Waals surface area contributed by atoms with Gasteiger partial charge in [-0.15, -0.1) is 0 Å². The van der Waals surface area contributed by atoms with Crippen LogP contribution >= 0.6 is 0 Å².